The van der Waals surface area contributed by atoms with E-state index in [1.807, 2.05) is 55.5 Å². The first kappa shape index (κ1) is 23.7. The minimum atomic E-state index is -0.701. The Hall–Kier alpha value is -4.07. The number of aromatic nitrogens is 2. The van der Waals surface area contributed by atoms with Crippen molar-refractivity contribution in [1.82, 2.24) is 15.1 Å². The molecule has 1 saturated heterocycles. The molecule has 1 aromatic heterocycles. The number of fused-ring (bicyclic) bond motifs is 1. The number of hydrogen-bond donors (Lipinski definition) is 0. The lowest BCUT2D eigenvalue weighted by Crippen LogP contribution is -2.54. The molecule has 0 spiro atoms. The van der Waals surface area contributed by atoms with Gasteiger partial charge in [-0.1, -0.05) is 30.3 Å². The van der Waals surface area contributed by atoms with Crippen molar-refractivity contribution in [2.75, 3.05) is 31.6 Å². The number of hydrogen-bond acceptors (Lipinski definition) is 5. The molecule has 2 heterocycles. The highest BCUT2D eigenvalue weighted by Gasteiger charge is 2.29. The van der Waals surface area contributed by atoms with Crippen LogP contribution in [0.25, 0.3) is 22.0 Å². The Kier molecular flexibility index (Phi) is 6.50. The molecule has 0 bridgehead atoms. The van der Waals surface area contributed by atoms with E-state index in [0.717, 1.165) is 39.7 Å². The number of halogens is 2. The van der Waals surface area contributed by atoms with Gasteiger partial charge in [0.05, 0.1) is 13.5 Å². The van der Waals surface area contributed by atoms with Crippen LogP contribution in [0.4, 0.5) is 14.6 Å². The van der Waals surface area contributed by atoms with Crippen molar-refractivity contribution in [2.45, 2.75) is 19.4 Å². The SMILES string of the molecule is COc1ccc(-c2nnc(N3CCN(C(=O)Cc4ccc(F)cc4F)[C@@H](C)C3)c3ccccc23)cc1. The number of ether oxygens (including phenoxy) is 1. The highest BCUT2D eigenvalue weighted by Crippen LogP contribution is 2.33. The summed E-state index contributed by atoms with van der Waals surface area (Å²) >= 11 is 0. The van der Waals surface area contributed by atoms with Crippen molar-refractivity contribution >= 4 is 22.5 Å². The second kappa shape index (κ2) is 9.89. The van der Waals surface area contributed by atoms with E-state index in [9.17, 15) is 13.6 Å². The van der Waals surface area contributed by atoms with Crippen LogP contribution in [0, 0.1) is 11.6 Å². The first-order valence-corrected chi connectivity index (χ1v) is 11.8. The number of carbonyl (C=O) groups excluding carboxylic acids is 1. The molecule has 0 N–H and O–H groups in total. The molecule has 0 saturated carbocycles. The van der Waals surface area contributed by atoms with E-state index < -0.39 is 11.6 Å². The first-order valence-electron chi connectivity index (χ1n) is 11.8. The van der Waals surface area contributed by atoms with E-state index in [-0.39, 0.29) is 23.9 Å². The zero-order valence-corrected chi connectivity index (χ0v) is 20.1. The number of amides is 1. The number of methoxy groups -OCH3 is 1. The topological polar surface area (TPSA) is 58.6 Å². The number of nitrogens with zero attached hydrogens (tertiary/aromatic N) is 4. The van der Waals surface area contributed by atoms with E-state index >= 15 is 0 Å². The molecule has 1 aliphatic heterocycles. The van der Waals surface area contributed by atoms with Gasteiger partial charge in [-0.25, -0.2) is 8.78 Å². The summed E-state index contributed by atoms with van der Waals surface area (Å²) in [7, 11) is 1.63. The monoisotopic (exact) mass is 488 g/mol. The van der Waals surface area contributed by atoms with Crippen LogP contribution in [-0.4, -0.2) is 53.8 Å². The van der Waals surface area contributed by atoms with Gasteiger partial charge in [0.2, 0.25) is 5.91 Å². The average Bonchev–Trinajstić information content (AvgIpc) is 2.89. The maximum atomic E-state index is 14.1. The second-order valence-corrected chi connectivity index (χ2v) is 8.94. The smallest absolute Gasteiger partial charge is 0.227 e. The zero-order chi connectivity index (χ0) is 25.2. The van der Waals surface area contributed by atoms with Gasteiger partial charge >= 0.3 is 0 Å². The van der Waals surface area contributed by atoms with Crippen molar-refractivity contribution in [3.63, 3.8) is 0 Å². The summed E-state index contributed by atoms with van der Waals surface area (Å²) in [5.74, 6) is 0.00594. The van der Waals surface area contributed by atoms with Gasteiger partial charge in [-0.2, -0.15) is 0 Å². The van der Waals surface area contributed by atoms with Gasteiger partial charge in [0, 0.05) is 48.1 Å². The van der Waals surface area contributed by atoms with E-state index in [1.165, 1.54) is 12.1 Å². The fourth-order valence-electron chi connectivity index (χ4n) is 4.74. The Balaban J connectivity index is 1.36. The molecule has 1 atom stereocenters. The molecule has 8 heteroatoms. The third-order valence-electron chi connectivity index (χ3n) is 6.64. The molecule has 4 aromatic rings. The fourth-order valence-corrected chi connectivity index (χ4v) is 4.74. The van der Waals surface area contributed by atoms with Crippen LogP contribution in [0.15, 0.2) is 66.7 Å². The summed E-state index contributed by atoms with van der Waals surface area (Å²) in [6, 6.07) is 18.9. The Morgan fingerprint density at radius 2 is 1.75 bits per heavy atom. The molecule has 0 aliphatic carbocycles. The maximum absolute atomic E-state index is 14.1. The summed E-state index contributed by atoms with van der Waals surface area (Å²) in [6.45, 7) is 3.58. The van der Waals surface area contributed by atoms with E-state index in [0.29, 0.717) is 19.6 Å². The molecule has 0 radical (unpaired) electrons. The van der Waals surface area contributed by atoms with Crippen LogP contribution in [-0.2, 0) is 11.2 Å². The minimum Gasteiger partial charge on any atom is -0.497 e. The van der Waals surface area contributed by atoms with Crippen molar-refractivity contribution in [3.05, 3.63) is 83.9 Å². The van der Waals surface area contributed by atoms with E-state index in [1.54, 1.807) is 12.0 Å². The third kappa shape index (κ3) is 4.58. The van der Waals surface area contributed by atoms with E-state index in [4.69, 9.17) is 4.74 Å². The van der Waals surface area contributed by atoms with Gasteiger partial charge in [-0.3, -0.25) is 4.79 Å². The summed E-state index contributed by atoms with van der Waals surface area (Å²) in [5.41, 5.74) is 1.94. The van der Waals surface area contributed by atoms with Crippen LogP contribution in [0.1, 0.15) is 12.5 Å². The molecule has 0 unspecified atom stereocenters. The fraction of sp³-hybridized carbons (Fsp3) is 0.250. The number of benzene rings is 3. The first-order chi connectivity index (χ1) is 17.4. The molecule has 1 aliphatic rings. The Bertz CT molecular complexity index is 1410. The van der Waals surface area contributed by atoms with Crippen molar-refractivity contribution in [2.24, 2.45) is 0 Å². The lowest BCUT2D eigenvalue weighted by molar-refractivity contribution is -0.132. The molecule has 36 heavy (non-hydrogen) atoms. The number of carbonyl (C=O) groups is 1. The second-order valence-electron chi connectivity index (χ2n) is 8.94. The van der Waals surface area contributed by atoms with Crippen molar-refractivity contribution in [3.8, 4) is 17.0 Å². The Morgan fingerprint density at radius 1 is 1.00 bits per heavy atom. The molecule has 6 nitrogen and oxygen atoms in total. The van der Waals surface area contributed by atoms with Crippen molar-refractivity contribution in [1.29, 1.82) is 0 Å². The summed E-state index contributed by atoms with van der Waals surface area (Å²) in [6.07, 6.45) is -0.101. The molecular formula is C28H26F2N4O2. The van der Waals surface area contributed by atoms with Crippen LogP contribution in [0.5, 0.6) is 5.75 Å². The predicted molar refractivity (Wildman–Crippen MR) is 135 cm³/mol. The summed E-state index contributed by atoms with van der Waals surface area (Å²) < 4.78 is 32.5. The minimum absolute atomic E-state index is 0.101. The molecular weight excluding hydrogens is 462 g/mol. The third-order valence-corrected chi connectivity index (χ3v) is 6.64. The maximum Gasteiger partial charge on any atom is 0.227 e. The normalized spacial score (nSPS) is 15.8. The molecule has 3 aromatic carbocycles. The lowest BCUT2D eigenvalue weighted by atomic mass is 10.0. The summed E-state index contributed by atoms with van der Waals surface area (Å²) in [4.78, 5) is 16.8. The highest BCUT2D eigenvalue weighted by molar-refractivity contribution is 6.00. The van der Waals surface area contributed by atoms with Crippen LogP contribution >= 0.6 is 0 Å². The van der Waals surface area contributed by atoms with Gasteiger partial charge in [0.1, 0.15) is 23.1 Å². The van der Waals surface area contributed by atoms with Gasteiger partial charge < -0.3 is 14.5 Å². The highest BCUT2D eigenvalue weighted by atomic mass is 19.1. The quantitative estimate of drug-likeness (QED) is 0.402. The molecule has 1 fully saturated rings. The van der Waals surface area contributed by atoms with Gasteiger partial charge in [0.25, 0.3) is 0 Å². The van der Waals surface area contributed by atoms with Crippen molar-refractivity contribution < 1.29 is 18.3 Å². The Labute approximate surface area is 208 Å². The number of anilines is 1. The molecule has 5 rings (SSSR count). The van der Waals surface area contributed by atoms with Gasteiger partial charge in [-0.05, 0) is 42.8 Å². The van der Waals surface area contributed by atoms with Crippen LogP contribution in [0.2, 0.25) is 0 Å². The Morgan fingerprint density at radius 3 is 2.44 bits per heavy atom. The van der Waals surface area contributed by atoms with E-state index in [2.05, 4.69) is 15.1 Å². The predicted octanol–water partition coefficient (Wildman–Crippen LogP) is 4.86. The summed E-state index contributed by atoms with van der Waals surface area (Å²) in [5, 5.41) is 11.1. The molecule has 1 amide bonds. The van der Waals surface area contributed by atoms with Crippen LogP contribution in [0.3, 0.4) is 0 Å². The lowest BCUT2D eigenvalue weighted by Gasteiger charge is -2.40. The van der Waals surface area contributed by atoms with Gasteiger partial charge in [0.15, 0.2) is 5.82 Å². The average molecular weight is 489 g/mol. The number of piperazine rings is 1. The standard InChI is InChI=1S/C28H26F2N4O2/c1-18-17-33(13-14-34(18)26(35)15-20-7-10-21(29)16-25(20)30)28-24-6-4-3-5-23(24)27(31-32-28)19-8-11-22(36-2)12-9-19/h3-12,16,18H,13-15,17H2,1-2H3/t18-/m0/s1. The van der Waals surface area contributed by atoms with Gasteiger partial charge in [-0.15, -0.1) is 10.2 Å². The number of rotatable bonds is 5. The molecule has 184 valence electrons. The van der Waals surface area contributed by atoms with Crippen LogP contribution < -0.4 is 9.64 Å². The largest absolute Gasteiger partial charge is 0.497 e. The zero-order valence-electron chi connectivity index (χ0n) is 20.1.